The summed E-state index contributed by atoms with van der Waals surface area (Å²) in [5, 5.41) is 4.19. The highest BCUT2D eigenvalue weighted by atomic mass is 31.1. The van der Waals surface area contributed by atoms with Gasteiger partial charge in [0.1, 0.15) is 6.04 Å². The van der Waals surface area contributed by atoms with Crippen LogP contribution >= 0.6 is 7.92 Å². The van der Waals surface area contributed by atoms with Gasteiger partial charge in [0.25, 0.3) is 0 Å². The van der Waals surface area contributed by atoms with Gasteiger partial charge in [-0.3, -0.25) is 0 Å². The van der Waals surface area contributed by atoms with Gasteiger partial charge in [-0.1, -0.05) is 84.9 Å². The van der Waals surface area contributed by atoms with E-state index in [1.54, 1.807) is 0 Å². The van der Waals surface area contributed by atoms with Crippen molar-refractivity contribution in [3.8, 4) is 0 Å². The van der Waals surface area contributed by atoms with Crippen LogP contribution in [0.2, 0.25) is 0 Å². The lowest BCUT2D eigenvalue weighted by atomic mass is 10.1. The Morgan fingerprint density at radius 1 is 0.704 bits per heavy atom. The minimum atomic E-state index is -6.00. The molecule has 0 aliphatic carbocycles. The maximum absolute atomic E-state index is 9.75. The maximum atomic E-state index is 9.75. The van der Waals surface area contributed by atoms with E-state index >= 15 is 0 Å². The van der Waals surface area contributed by atoms with Crippen molar-refractivity contribution in [2.75, 3.05) is 0 Å². The summed E-state index contributed by atoms with van der Waals surface area (Å²) in [7, 11) is -6.54. The van der Waals surface area contributed by atoms with E-state index in [2.05, 4.69) is 97.6 Å². The number of quaternary nitrogens is 1. The first-order valence-electron chi connectivity index (χ1n) is 8.47. The monoisotopic (exact) mass is 393 g/mol. The van der Waals surface area contributed by atoms with Crippen LogP contribution in [-0.4, -0.2) is 7.25 Å². The van der Waals surface area contributed by atoms with Gasteiger partial charge in [0.05, 0.1) is 0 Å². The minimum Gasteiger partial charge on any atom is -0.418 e. The number of benzene rings is 3. The summed E-state index contributed by atoms with van der Waals surface area (Å²) in [5.41, 5.74) is 5.60. The fourth-order valence-corrected chi connectivity index (χ4v) is 5.27. The van der Waals surface area contributed by atoms with Crippen molar-refractivity contribution in [2.24, 2.45) is 0 Å². The first-order valence-corrected chi connectivity index (χ1v) is 9.81. The number of rotatable bonds is 4. The van der Waals surface area contributed by atoms with Crippen molar-refractivity contribution in [3.63, 3.8) is 0 Å². The number of hydrogen-bond acceptors (Lipinski definition) is 0. The summed E-state index contributed by atoms with van der Waals surface area (Å²) in [6.07, 6.45) is 0. The first-order chi connectivity index (χ1) is 12.8. The quantitative estimate of drug-likeness (QED) is 0.394. The Morgan fingerprint density at radius 3 is 1.48 bits per heavy atom. The summed E-state index contributed by atoms with van der Waals surface area (Å²) in [4.78, 5) is 0. The normalized spacial score (nSPS) is 12.3. The minimum absolute atomic E-state index is 0.286. The van der Waals surface area contributed by atoms with Gasteiger partial charge in [-0.25, -0.2) is 0 Å². The summed E-state index contributed by atoms with van der Waals surface area (Å²) in [5.74, 6) is 0. The fourth-order valence-electron chi connectivity index (χ4n) is 2.69. The van der Waals surface area contributed by atoms with E-state index in [9.17, 15) is 17.3 Å². The third-order valence-corrected chi connectivity index (χ3v) is 6.26. The number of hydrogen-bond donors (Lipinski definition) is 1. The Balaban J connectivity index is 0.000000465. The molecule has 0 saturated carbocycles. The molecule has 0 fully saturated rings. The highest BCUT2D eigenvalue weighted by Gasteiger charge is 2.21. The fraction of sp³-hybridized carbons (Fsp3) is 0.100. The van der Waals surface area contributed by atoms with Crippen molar-refractivity contribution in [3.05, 3.63) is 90.5 Å². The van der Waals surface area contributed by atoms with E-state index in [4.69, 9.17) is 0 Å². The first kappa shape index (κ1) is 21.1. The molecule has 0 aliphatic rings. The van der Waals surface area contributed by atoms with Gasteiger partial charge in [0, 0.05) is 5.56 Å². The van der Waals surface area contributed by atoms with Crippen molar-refractivity contribution in [1.29, 1.82) is 0 Å². The summed E-state index contributed by atoms with van der Waals surface area (Å²) >= 11 is 0. The zero-order valence-corrected chi connectivity index (χ0v) is 15.8. The second-order valence-corrected chi connectivity index (χ2v) is 8.15. The molecule has 1 nitrogen and oxygen atoms in total. The van der Waals surface area contributed by atoms with E-state index in [0.717, 1.165) is 0 Å². The molecule has 142 valence electrons. The predicted molar refractivity (Wildman–Crippen MR) is 107 cm³/mol. The topological polar surface area (TPSA) is 27.6 Å². The average Bonchev–Trinajstić information content (AvgIpc) is 2.63. The third kappa shape index (κ3) is 6.81. The van der Waals surface area contributed by atoms with Crippen LogP contribution in [0.4, 0.5) is 17.3 Å². The Morgan fingerprint density at radius 2 is 1.07 bits per heavy atom. The molecule has 3 aromatic rings. The van der Waals surface area contributed by atoms with Crippen molar-refractivity contribution in [2.45, 2.75) is 13.0 Å². The molecule has 3 aromatic carbocycles. The molecule has 0 spiro atoms. The van der Waals surface area contributed by atoms with Crippen molar-refractivity contribution < 1.29 is 23.0 Å². The lowest BCUT2D eigenvalue weighted by Crippen LogP contribution is -2.53. The third-order valence-electron chi connectivity index (χ3n) is 3.74. The van der Waals surface area contributed by atoms with E-state index < -0.39 is 15.2 Å². The van der Waals surface area contributed by atoms with Crippen LogP contribution < -0.4 is 21.6 Å². The molecule has 0 unspecified atom stereocenters. The molecule has 0 saturated heterocycles. The van der Waals surface area contributed by atoms with Gasteiger partial charge in [-0.05, 0) is 30.8 Å². The molecular formula is C20H21BF4NP. The zero-order valence-electron chi connectivity index (χ0n) is 14.9. The predicted octanol–water partition coefficient (Wildman–Crippen LogP) is 4.05. The molecular weight excluding hydrogens is 372 g/mol. The second kappa shape index (κ2) is 9.68. The Bertz CT molecular complexity index is 781. The van der Waals surface area contributed by atoms with Crippen molar-refractivity contribution >= 4 is 31.1 Å². The Kier molecular flexibility index (Phi) is 7.58. The number of halogens is 4. The highest BCUT2D eigenvalue weighted by molar-refractivity contribution is 7.79. The van der Waals surface area contributed by atoms with Crippen LogP contribution in [0.15, 0.2) is 84.9 Å². The molecule has 7 heteroatoms. The van der Waals surface area contributed by atoms with Crippen LogP contribution in [0.1, 0.15) is 18.5 Å². The second-order valence-electron chi connectivity index (χ2n) is 5.96. The van der Waals surface area contributed by atoms with Crippen LogP contribution in [0.3, 0.4) is 0 Å². The van der Waals surface area contributed by atoms with E-state index in [-0.39, 0.29) is 6.04 Å². The molecule has 0 amide bonds. The zero-order chi connectivity index (χ0) is 19.9. The van der Waals surface area contributed by atoms with Crippen LogP contribution in [-0.2, 0) is 0 Å². The van der Waals surface area contributed by atoms with Crippen LogP contribution in [0.5, 0.6) is 0 Å². The van der Waals surface area contributed by atoms with Gasteiger partial charge in [-0.2, -0.15) is 0 Å². The van der Waals surface area contributed by atoms with Crippen LogP contribution in [0, 0.1) is 0 Å². The summed E-state index contributed by atoms with van der Waals surface area (Å²) < 4.78 is 39.0. The summed E-state index contributed by atoms with van der Waals surface area (Å²) in [6, 6.07) is 30.7. The molecule has 3 N–H and O–H groups in total. The SMILES string of the molecule is C[C@H]([NH3+])c1ccccc1P(c1ccccc1)c1ccccc1.F[B-](F)(F)F. The molecule has 0 aromatic heterocycles. The van der Waals surface area contributed by atoms with Gasteiger partial charge in [0.2, 0.25) is 0 Å². The van der Waals surface area contributed by atoms with Gasteiger partial charge >= 0.3 is 7.25 Å². The molecule has 27 heavy (non-hydrogen) atoms. The molecule has 3 rings (SSSR count). The lowest BCUT2D eigenvalue weighted by Gasteiger charge is -2.22. The molecule has 0 bridgehead atoms. The largest absolute Gasteiger partial charge is 0.673 e. The van der Waals surface area contributed by atoms with E-state index in [1.807, 2.05) is 0 Å². The van der Waals surface area contributed by atoms with Gasteiger partial charge in [-0.15, -0.1) is 0 Å². The van der Waals surface area contributed by atoms with Gasteiger partial charge < -0.3 is 23.0 Å². The molecule has 0 heterocycles. The molecule has 0 radical (unpaired) electrons. The summed E-state index contributed by atoms with van der Waals surface area (Å²) in [6.45, 7) is 2.17. The average molecular weight is 393 g/mol. The van der Waals surface area contributed by atoms with E-state index in [0.29, 0.717) is 0 Å². The van der Waals surface area contributed by atoms with E-state index in [1.165, 1.54) is 21.5 Å². The lowest BCUT2D eigenvalue weighted by molar-refractivity contribution is -0.420. The standard InChI is InChI=1S/C20H20NP.BF4/c1-16(21)19-14-8-9-15-20(19)22(17-10-4-2-5-11-17)18-12-6-3-7-13-18;2-1(3,4)5/h2-16H,21H2,1H3;/q;-1/p+1/t16-;/m0./s1. The Labute approximate surface area is 158 Å². The smallest absolute Gasteiger partial charge is 0.418 e. The molecule has 0 aliphatic heterocycles. The van der Waals surface area contributed by atoms with Gasteiger partial charge in [0.15, 0.2) is 0 Å². The highest BCUT2D eigenvalue weighted by Crippen LogP contribution is 2.34. The maximum Gasteiger partial charge on any atom is 0.673 e. The van der Waals surface area contributed by atoms with Crippen LogP contribution in [0.25, 0.3) is 0 Å². The molecule has 1 atom stereocenters. The Hall–Kier alpha value is -2.17. The van der Waals surface area contributed by atoms with Crippen molar-refractivity contribution in [1.82, 2.24) is 0 Å².